The highest BCUT2D eigenvalue weighted by Crippen LogP contribution is 2.22. The summed E-state index contributed by atoms with van der Waals surface area (Å²) in [7, 11) is 0. The fourth-order valence-corrected chi connectivity index (χ4v) is 3.06. The van der Waals surface area contributed by atoms with E-state index in [1.165, 1.54) is 17.5 Å². The molecular formula is C19H16ClN3O3S. The lowest BCUT2D eigenvalue weighted by molar-refractivity contribution is -0.115. The Hall–Kier alpha value is -2.90. The van der Waals surface area contributed by atoms with E-state index in [0.717, 1.165) is 4.88 Å². The summed E-state index contributed by atoms with van der Waals surface area (Å²) < 4.78 is 5.58. The van der Waals surface area contributed by atoms with Gasteiger partial charge in [-0.05, 0) is 49.4 Å². The van der Waals surface area contributed by atoms with Crippen LogP contribution in [0.15, 0.2) is 54.7 Å². The van der Waals surface area contributed by atoms with Crippen molar-refractivity contribution in [3.05, 3.63) is 69.5 Å². The zero-order valence-corrected chi connectivity index (χ0v) is 15.9. The first-order chi connectivity index (χ1) is 13.0. The Morgan fingerprint density at radius 1 is 1.11 bits per heavy atom. The van der Waals surface area contributed by atoms with Gasteiger partial charge >= 0.3 is 0 Å². The molecule has 0 unspecified atom stereocenters. The Morgan fingerprint density at radius 3 is 2.52 bits per heavy atom. The molecule has 0 aliphatic carbocycles. The number of thiophene rings is 1. The molecule has 2 amide bonds. The van der Waals surface area contributed by atoms with Gasteiger partial charge in [-0.2, -0.15) is 0 Å². The molecule has 2 aromatic heterocycles. The smallest absolute Gasteiger partial charge is 0.261 e. The van der Waals surface area contributed by atoms with Crippen LogP contribution in [0.2, 0.25) is 5.02 Å². The molecule has 0 saturated carbocycles. The first kappa shape index (κ1) is 18.9. The van der Waals surface area contributed by atoms with E-state index in [0.29, 0.717) is 27.2 Å². The van der Waals surface area contributed by atoms with Crippen LogP contribution in [0, 0.1) is 6.92 Å². The molecule has 0 atom stereocenters. The monoisotopic (exact) mass is 401 g/mol. The quantitative estimate of drug-likeness (QED) is 0.646. The number of halogens is 1. The SMILES string of the molecule is Cc1ccc(C(=O)NCC(=O)Nc2ccc(Oc3ccc(Cl)cc3)nc2)s1. The van der Waals surface area contributed by atoms with Gasteiger partial charge in [0.2, 0.25) is 11.8 Å². The van der Waals surface area contributed by atoms with Crippen molar-refractivity contribution in [2.75, 3.05) is 11.9 Å². The fraction of sp³-hybridized carbons (Fsp3) is 0.105. The standard InChI is InChI=1S/C19H16ClN3O3S/c1-12-2-8-16(27-12)19(25)22-11-17(24)23-14-5-9-18(21-10-14)26-15-6-3-13(20)4-7-15/h2-10H,11H2,1H3,(H,22,25)(H,23,24). The zero-order valence-electron chi connectivity index (χ0n) is 14.4. The number of carbonyl (C=O) groups is 2. The molecule has 3 aromatic rings. The topological polar surface area (TPSA) is 80.3 Å². The van der Waals surface area contributed by atoms with Crippen LogP contribution in [0.4, 0.5) is 5.69 Å². The minimum absolute atomic E-state index is 0.126. The highest BCUT2D eigenvalue weighted by Gasteiger charge is 2.10. The molecule has 0 fully saturated rings. The first-order valence-corrected chi connectivity index (χ1v) is 9.23. The molecule has 8 heteroatoms. The number of carbonyl (C=O) groups excluding carboxylic acids is 2. The number of benzene rings is 1. The number of nitrogens with zero attached hydrogens (tertiary/aromatic N) is 1. The van der Waals surface area contributed by atoms with Crippen molar-refractivity contribution in [2.45, 2.75) is 6.92 Å². The van der Waals surface area contributed by atoms with Gasteiger partial charge in [0.25, 0.3) is 5.91 Å². The summed E-state index contributed by atoms with van der Waals surface area (Å²) in [5.74, 6) is 0.379. The second-order valence-corrected chi connectivity index (χ2v) is 7.31. The van der Waals surface area contributed by atoms with Crippen molar-refractivity contribution < 1.29 is 14.3 Å². The summed E-state index contributed by atoms with van der Waals surface area (Å²) >= 11 is 7.21. The number of aryl methyl sites for hydroxylation is 1. The summed E-state index contributed by atoms with van der Waals surface area (Å²) in [6.45, 7) is 1.79. The van der Waals surface area contributed by atoms with Gasteiger partial charge in [0.05, 0.1) is 23.3 Å². The van der Waals surface area contributed by atoms with Gasteiger partial charge in [-0.1, -0.05) is 11.6 Å². The van der Waals surface area contributed by atoms with E-state index in [1.54, 1.807) is 42.5 Å². The normalized spacial score (nSPS) is 10.3. The number of amides is 2. The number of rotatable bonds is 6. The predicted octanol–water partition coefficient (Wildman–Crippen LogP) is 4.27. The molecular weight excluding hydrogens is 386 g/mol. The van der Waals surface area contributed by atoms with Crippen LogP contribution in [0.3, 0.4) is 0 Å². The molecule has 0 aliphatic heterocycles. The van der Waals surface area contributed by atoms with Crippen molar-refractivity contribution >= 4 is 40.4 Å². The fourth-order valence-electron chi connectivity index (χ4n) is 2.15. The van der Waals surface area contributed by atoms with E-state index >= 15 is 0 Å². The summed E-state index contributed by atoms with van der Waals surface area (Å²) in [6, 6.07) is 13.8. The average molecular weight is 402 g/mol. The number of ether oxygens (including phenoxy) is 1. The molecule has 0 radical (unpaired) electrons. The van der Waals surface area contributed by atoms with Gasteiger partial charge in [-0.25, -0.2) is 4.98 Å². The zero-order chi connectivity index (χ0) is 19.2. The third-order valence-electron chi connectivity index (χ3n) is 3.43. The van der Waals surface area contributed by atoms with Crippen molar-refractivity contribution in [2.24, 2.45) is 0 Å². The number of aromatic nitrogens is 1. The summed E-state index contributed by atoms with van der Waals surface area (Å²) in [5, 5.41) is 5.87. The van der Waals surface area contributed by atoms with Crippen molar-refractivity contribution in [3.63, 3.8) is 0 Å². The summed E-state index contributed by atoms with van der Waals surface area (Å²) in [5.41, 5.74) is 0.504. The average Bonchev–Trinajstić information content (AvgIpc) is 3.10. The maximum atomic E-state index is 12.0. The number of pyridine rings is 1. The third-order valence-corrected chi connectivity index (χ3v) is 4.68. The lowest BCUT2D eigenvalue weighted by atomic mass is 10.3. The predicted molar refractivity (Wildman–Crippen MR) is 106 cm³/mol. The Labute approximate surface area is 165 Å². The molecule has 2 heterocycles. The van der Waals surface area contributed by atoms with Gasteiger partial charge in [-0.3, -0.25) is 9.59 Å². The van der Waals surface area contributed by atoms with E-state index in [9.17, 15) is 9.59 Å². The van der Waals surface area contributed by atoms with Crippen LogP contribution in [-0.2, 0) is 4.79 Å². The molecule has 27 heavy (non-hydrogen) atoms. The molecule has 3 rings (SSSR count). The van der Waals surface area contributed by atoms with Crippen LogP contribution in [0.25, 0.3) is 0 Å². The highest BCUT2D eigenvalue weighted by atomic mass is 35.5. The molecule has 0 saturated heterocycles. The highest BCUT2D eigenvalue weighted by molar-refractivity contribution is 7.13. The first-order valence-electron chi connectivity index (χ1n) is 8.03. The number of anilines is 1. The van der Waals surface area contributed by atoms with E-state index in [4.69, 9.17) is 16.3 Å². The molecule has 0 aliphatic rings. The Balaban J connectivity index is 1.49. The molecule has 1 aromatic carbocycles. The number of hydrogen-bond donors (Lipinski definition) is 2. The minimum atomic E-state index is -0.343. The second-order valence-electron chi connectivity index (χ2n) is 5.58. The van der Waals surface area contributed by atoms with Gasteiger partial charge in [-0.15, -0.1) is 11.3 Å². The summed E-state index contributed by atoms with van der Waals surface area (Å²) in [6.07, 6.45) is 1.48. The van der Waals surface area contributed by atoms with Gasteiger partial charge in [0, 0.05) is 16.0 Å². The third kappa shape index (κ3) is 5.54. The van der Waals surface area contributed by atoms with Crippen LogP contribution in [0.1, 0.15) is 14.5 Å². The minimum Gasteiger partial charge on any atom is -0.439 e. The van der Waals surface area contributed by atoms with Crippen molar-refractivity contribution in [1.82, 2.24) is 10.3 Å². The van der Waals surface area contributed by atoms with Crippen LogP contribution < -0.4 is 15.4 Å². The Bertz CT molecular complexity index is 940. The Morgan fingerprint density at radius 2 is 1.89 bits per heavy atom. The van der Waals surface area contributed by atoms with Crippen molar-refractivity contribution in [1.29, 1.82) is 0 Å². The number of hydrogen-bond acceptors (Lipinski definition) is 5. The lowest BCUT2D eigenvalue weighted by Gasteiger charge is -2.08. The maximum absolute atomic E-state index is 12.0. The van der Waals surface area contributed by atoms with Crippen molar-refractivity contribution in [3.8, 4) is 11.6 Å². The molecule has 0 spiro atoms. The Kier molecular flexibility index (Phi) is 6.05. The van der Waals surface area contributed by atoms with Gasteiger partial charge in [0.15, 0.2) is 0 Å². The molecule has 0 bridgehead atoms. The van der Waals surface area contributed by atoms with E-state index in [1.807, 2.05) is 13.0 Å². The van der Waals surface area contributed by atoms with E-state index < -0.39 is 0 Å². The molecule has 138 valence electrons. The number of nitrogens with one attached hydrogen (secondary N) is 2. The van der Waals surface area contributed by atoms with Gasteiger partial charge < -0.3 is 15.4 Å². The van der Waals surface area contributed by atoms with E-state index in [-0.39, 0.29) is 18.4 Å². The van der Waals surface area contributed by atoms with E-state index in [2.05, 4.69) is 15.6 Å². The van der Waals surface area contributed by atoms with Crippen LogP contribution in [0.5, 0.6) is 11.6 Å². The summed E-state index contributed by atoms with van der Waals surface area (Å²) in [4.78, 5) is 29.7. The largest absolute Gasteiger partial charge is 0.439 e. The molecule has 2 N–H and O–H groups in total. The maximum Gasteiger partial charge on any atom is 0.261 e. The molecule has 6 nitrogen and oxygen atoms in total. The van der Waals surface area contributed by atoms with Crippen LogP contribution >= 0.6 is 22.9 Å². The van der Waals surface area contributed by atoms with Crippen LogP contribution in [-0.4, -0.2) is 23.3 Å². The second kappa shape index (κ2) is 8.66. The lowest BCUT2D eigenvalue weighted by Crippen LogP contribution is -2.32. The van der Waals surface area contributed by atoms with Gasteiger partial charge in [0.1, 0.15) is 5.75 Å².